The molecule has 7 heteroatoms. The highest BCUT2D eigenvalue weighted by Crippen LogP contribution is 2.32. The molecular weight excluding hydrogens is 536 g/mol. The minimum Gasteiger partial charge on any atom is -0.489 e. The highest BCUT2D eigenvalue weighted by Gasteiger charge is 2.35. The molecule has 2 amide bonds. The van der Waals surface area contributed by atoms with E-state index in [1.165, 1.54) is 4.90 Å². The van der Waals surface area contributed by atoms with Gasteiger partial charge in [0.25, 0.3) is 11.8 Å². The van der Waals surface area contributed by atoms with E-state index in [1.807, 2.05) is 97.2 Å². The number of hydrogen-bond acceptors (Lipinski definition) is 5. The van der Waals surface area contributed by atoms with Gasteiger partial charge in [-0.3, -0.25) is 14.5 Å². The largest absolute Gasteiger partial charge is 0.489 e. The van der Waals surface area contributed by atoms with Crippen LogP contribution in [0.15, 0.2) is 108 Å². The van der Waals surface area contributed by atoms with Gasteiger partial charge >= 0.3 is 0 Å². The third-order valence-electron chi connectivity index (χ3n) is 7.48. The minimum atomic E-state index is -0.526. The van der Waals surface area contributed by atoms with Gasteiger partial charge in [-0.05, 0) is 54.8 Å². The summed E-state index contributed by atoms with van der Waals surface area (Å²) >= 11 is 0. The molecule has 0 saturated carbocycles. The molecule has 2 heterocycles. The van der Waals surface area contributed by atoms with E-state index in [0.29, 0.717) is 41.2 Å². The molecule has 43 heavy (non-hydrogen) atoms. The third-order valence-corrected chi connectivity index (χ3v) is 7.48. The molecule has 0 saturated heterocycles. The normalized spacial score (nSPS) is 14.3. The predicted molar refractivity (Wildman–Crippen MR) is 167 cm³/mol. The van der Waals surface area contributed by atoms with E-state index in [2.05, 4.69) is 6.92 Å². The second-order valence-corrected chi connectivity index (χ2v) is 10.5. The number of carbonyl (C=O) groups is 2. The van der Waals surface area contributed by atoms with Gasteiger partial charge in [0.05, 0.1) is 5.69 Å². The number of hydrogen-bond donors (Lipinski definition) is 0. The SMILES string of the molecule is CCCCCCN1C(=O)C(C#N)=C(C)/C(=C\c2cn(-c3ccccc3)nc2-c2cccc(OCc3ccccc3)c2)C1=O. The van der Waals surface area contributed by atoms with Gasteiger partial charge in [0.2, 0.25) is 0 Å². The van der Waals surface area contributed by atoms with Crippen molar-refractivity contribution in [2.75, 3.05) is 6.54 Å². The number of nitriles is 1. The molecule has 0 bridgehead atoms. The molecule has 0 atom stereocenters. The van der Waals surface area contributed by atoms with Crippen LogP contribution in [0.2, 0.25) is 0 Å². The molecule has 1 aliphatic heterocycles. The topological polar surface area (TPSA) is 88.2 Å². The number of ether oxygens (including phenoxy) is 1. The fourth-order valence-electron chi connectivity index (χ4n) is 5.09. The molecular formula is C36H34N4O3. The first-order valence-electron chi connectivity index (χ1n) is 14.6. The molecule has 0 radical (unpaired) electrons. The Bertz CT molecular complexity index is 1710. The van der Waals surface area contributed by atoms with Crippen molar-refractivity contribution in [3.05, 3.63) is 119 Å². The van der Waals surface area contributed by atoms with Gasteiger partial charge in [-0.15, -0.1) is 0 Å². The monoisotopic (exact) mass is 570 g/mol. The molecule has 1 aromatic heterocycles. The van der Waals surface area contributed by atoms with Gasteiger partial charge in [0, 0.05) is 29.4 Å². The van der Waals surface area contributed by atoms with Crippen molar-refractivity contribution >= 4 is 17.9 Å². The third kappa shape index (κ3) is 6.65. The van der Waals surface area contributed by atoms with Crippen molar-refractivity contribution in [1.29, 1.82) is 5.26 Å². The molecule has 5 rings (SSSR count). The lowest BCUT2D eigenvalue weighted by Gasteiger charge is -2.27. The fourth-order valence-corrected chi connectivity index (χ4v) is 5.09. The Kier molecular flexibility index (Phi) is 9.28. The molecule has 0 spiro atoms. The fraction of sp³-hybridized carbons (Fsp3) is 0.222. The van der Waals surface area contributed by atoms with Crippen molar-refractivity contribution < 1.29 is 14.3 Å². The van der Waals surface area contributed by atoms with E-state index in [4.69, 9.17) is 9.84 Å². The van der Waals surface area contributed by atoms with Crippen LogP contribution in [0.25, 0.3) is 23.0 Å². The van der Waals surface area contributed by atoms with Gasteiger partial charge in [-0.2, -0.15) is 10.4 Å². The van der Waals surface area contributed by atoms with Crippen LogP contribution in [-0.4, -0.2) is 33.0 Å². The van der Waals surface area contributed by atoms with Crippen molar-refractivity contribution in [2.24, 2.45) is 0 Å². The average Bonchev–Trinajstić information content (AvgIpc) is 3.47. The lowest BCUT2D eigenvalue weighted by molar-refractivity contribution is -0.140. The summed E-state index contributed by atoms with van der Waals surface area (Å²) in [5, 5.41) is 14.8. The quantitative estimate of drug-likeness (QED) is 0.107. The Morgan fingerprint density at radius 2 is 1.65 bits per heavy atom. The Balaban J connectivity index is 1.55. The van der Waals surface area contributed by atoms with Gasteiger partial charge in [-0.1, -0.05) is 86.8 Å². The summed E-state index contributed by atoms with van der Waals surface area (Å²) in [5.41, 5.74) is 4.75. The van der Waals surface area contributed by atoms with Crippen molar-refractivity contribution in [3.8, 4) is 28.8 Å². The minimum absolute atomic E-state index is 0.00495. The van der Waals surface area contributed by atoms with E-state index < -0.39 is 11.8 Å². The van der Waals surface area contributed by atoms with Gasteiger partial charge in [-0.25, -0.2) is 4.68 Å². The smallest absolute Gasteiger partial charge is 0.271 e. The molecule has 0 aliphatic carbocycles. The number of nitrogens with zero attached hydrogens (tertiary/aromatic N) is 4. The Morgan fingerprint density at radius 1 is 0.907 bits per heavy atom. The highest BCUT2D eigenvalue weighted by molar-refractivity contribution is 6.19. The van der Waals surface area contributed by atoms with Crippen LogP contribution in [-0.2, 0) is 16.2 Å². The van der Waals surface area contributed by atoms with Gasteiger partial charge in [0.15, 0.2) is 0 Å². The molecule has 0 N–H and O–H groups in total. The molecule has 4 aromatic rings. The second-order valence-electron chi connectivity index (χ2n) is 10.5. The van der Waals surface area contributed by atoms with Crippen molar-refractivity contribution in [1.82, 2.24) is 14.7 Å². The van der Waals surface area contributed by atoms with Crippen LogP contribution in [0.4, 0.5) is 0 Å². The number of unbranched alkanes of at least 4 members (excludes halogenated alkanes) is 3. The summed E-state index contributed by atoms with van der Waals surface area (Å²) in [5.74, 6) is -0.229. The lowest BCUT2D eigenvalue weighted by atomic mass is 9.93. The molecule has 1 aliphatic rings. The number of para-hydroxylation sites is 1. The summed E-state index contributed by atoms with van der Waals surface area (Å²) in [4.78, 5) is 28.0. The maximum absolute atomic E-state index is 13.7. The zero-order valence-corrected chi connectivity index (χ0v) is 24.5. The maximum Gasteiger partial charge on any atom is 0.271 e. The Hall–Kier alpha value is -5.22. The van der Waals surface area contributed by atoms with E-state index >= 15 is 0 Å². The van der Waals surface area contributed by atoms with E-state index in [1.54, 1.807) is 17.7 Å². The number of imide groups is 1. The maximum atomic E-state index is 13.7. The molecule has 0 unspecified atom stereocenters. The summed E-state index contributed by atoms with van der Waals surface area (Å²) in [6, 6.07) is 29.4. The van der Waals surface area contributed by atoms with Crippen LogP contribution < -0.4 is 4.74 Å². The van der Waals surface area contributed by atoms with E-state index in [0.717, 1.165) is 36.1 Å². The Morgan fingerprint density at radius 3 is 2.37 bits per heavy atom. The number of aromatic nitrogens is 2. The predicted octanol–water partition coefficient (Wildman–Crippen LogP) is 7.29. The standard InChI is InChI=1S/C36H34N4O3/c1-3-4-5-12-20-39-35(41)32(26(2)33(23-37)36(39)42)22-29-24-40(30-17-10-7-11-18-30)38-34(29)28-16-13-19-31(21-28)43-25-27-14-8-6-9-15-27/h6-11,13-19,21-22,24H,3-5,12,20,25H2,1-2H3/b32-22+. The molecule has 7 nitrogen and oxygen atoms in total. The highest BCUT2D eigenvalue weighted by atomic mass is 16.5. The summed E-state index contributed by atoms with van der Waals surface area (Å²) in [6.07, 6.45) is 7.29. The molecule has 216 valence electrons. The van der Waals surface area contributed by atoms with Gasteiger partial charge in [0.1, 0.15) is 29.7 Å². The summed E-state index contributed by atoms with van der Waals surface area (Å²) < 4.78 is 7.86. The van der Waals surface area contributed by atoms with Crippen molar-refractivity contribution in [2.45, 2.75) is 46.1 Å². The lowest BCUT2D eigenvalue weighted by Crippen LogP contribution is -2.43. The first-order chi connectivity index (χ1) is 21.0. The molecule has 3 aromatic carbocycles. The van der Waals surface area contributed by atoms with Crippen LogP contribution >= 0.6 is 0 Å². The van der Waals surface area contributed by atoms with Crippen LogP contribution in [0.5, 0.6) is 5.75 Å². The first kappa shape index (κ1) is 29.3. The van der Waals surface area contributed by atoms with E-state index in [9.17, 15) is 14.9 Å². The molecule has 0 fully saturated rings. The van der Waals surface area contributed by atoms with Gasteiger partial charge < -0.3 is 4.74 Å². The average molecular weight is 571 g/mol. The zero-order chi connectivity index (χ0) is 30.2. The van der Waals surface area contributed by atoms with Crippen LogP contribution in [0, 0.1) is 11.3 Å². The zero-order valence-electron chi connectivity index (χ0n) is 24.5. The van der Waals surface area contributed by atoms with Crippen LogP contribution in [0.3, 0.4) is 0 Å². The van der Waals surface area contributed by atoms with Crippen molar-refractivity contribution in [3.63, 3.8) is 0 Å². The first-order valence-corrected chi connectivity index (χ1v) is 14.6. The number of amides is 2. The van der Waals surface area contributed by atoms with Crippen LogP contribution in [0.1, 0.15) is 50.7 Å². The Labute approximate surface area is 252 Å². The number of rotatable bonds is 11. The number of carbonyl (C=O) groups excluding carboxylic acids is 2. The summed E-state index contributed by atoms with van der Waals surface area (Å²) in [7, 11) is 0. The number of benzene rings is 3. The second kappa shape index (κ2) is 13.6. The van der Waals surface area contributed by atoms with E-state index in [-0.39, 0.29) is 12.1 Å². The summed E-state index contributed by atoms with van der Waals surface area (Å²) in [6.45, 7) is 4.48.